The van der Waals surface area contributed by atoms with Gasteiger partial charge in [-0.05, 0) is 44.7 Å². The fourth-order valence-corrected chi connectivity index (χ4v) is 3.47. The highest BCUT2D eigenvalue weighted by molar-refractivity contribution is 5.88. The number of carbonyl (C=O) groups excluding carboxylic acids is 2. The van der Waals surface area contributed by atoms with E-state index in [0.29, 0.717) is 19.4 Å². The maximum Gasteiger partial charge on any atom is 0.243 e. The van der Waals surface area contributed by atoms with Crippen molar-refractivity contribution in [2.45, 2.75) is 72.5 Å². The van der Waals surface area contributed by atoms with Crippen LogP contribution in [0.25, 0.3) is 0 Å². The van der Waals surface area contributed by atoms with Crippen LogP contribution in [-0.2, 0) is 22.6 Å². The van der Waals surface area contributed by atoms with Crippen molar-refractivity contribution in [3.05, 3.63) is 70.8 Å². The van der Waals surface area contributed by atoms with Crippen LogP contribution in [0.2, 0.25) is 0 Å². The highest BCUT2D eigenvalue weighted by Gasteiger charge is 2.29. The van der Waals surface area contributed by atoms with Gasteiger partial charge in [0.2, 0.25) is 11.8 Å². The van der Waals surface area contributed by atoms with E-state index in [1.54, 1.807) is 4.90 Å². The summed E-state index contributed by atoms with van der Waals surface area (Å²) in [6, 6.07) is 15.7. The monoisotopic (exact) mass is 394 g/mol. The lowest BCUT2D eigenvalue weighted by molar-refractivity contribution is -0.141. The third kappa shape index (κ3) is 6.74. The molecule has 0 aromatic heterocycles. The first kappa shape index (κ1) is 22.7. The summed E-state index contributed by atoms with van der Waals surface area (Å²) >= 11 is 0. The highest BCUT2D eigenvalue weighted by atomic mass is 16.2. The highest BCUT2D eigenvalue weighted by Crippen LogP contribution is 2.16. The predicted octanol–water partition coefficient (Wildman–Crippen LogP) is 4.57. The molecule has 2 amide bonds. The lowest BCUT2D eigenvalue weighted by Gasteiger charge is -2.31. The fraction of sp³-hybridized carbons (Fsp3) is 0.440. The topological polar surface area (TPSA) is 49.4 Å². The summed E-state index contributed by atoms with van der Waals surface area (Å²) in [5, 5.41) is 3.05. The van der Waals surface area contributed by atoms with Crippen molar-refractivity contribution in [1.82, 2.24) is 10.2 Å². The van der Waals surface area contributed by atoms with E-state index in [4.69, 9.17) is 0 Å². The van der Waals surface area contributed by atoms with Crippen LogP contribution in [-0.4, -0.2) is 28.8 Å². The maximum absolute atomic E-state index is 13.3. The molecule has 4 heteroatoms. The van der Waals surface area contributed by atoms with Crippen LogP contribution in [0.3, 0.4) is 0 Å². The van der Waals surface area contributed by atoms with E-state index in [2.05, 4.69) is 11.4 Å². The summed E-state index contributed by atoms with van der Waals surface area (Å²) in [5.41, 5.74) is 4.28. The number of hydrogen-bond acceptors (Lipinski definition) is 2. The van der Waals surface area contributed by atoms with Crippen molar-refractivity contribution in [3.8, 4) is 0 Å². The van der Waals surface area contributed by atoms with E-state index >= 15 is 0 Å². The molecule has 0 heterocycles. The van der Waals surface area contributed by atoms with Crippen molar-refractivity contribution >= 4 is 11.8 Å². The molecule has 0 radical (unpaired) electrons. The Labute approximate surface area is 175 Å². The van der Waals surface area contributed by atoms with Crippen LogP contribution >= 0.6 is 0 Å². The third-order valence-electron chi connectivity index (χ3n) is 5.26. The van der Waals surface area contributed by atoms with Gasteiger partial charge in [-0.1, -0.05) is 73.5 Å². The first-order valence-electron chi connectivity index (χ1n) is 10.5. The standard InChI is InChI=1S/C25H34N2O2/c1-6-20(5)26-25(29)23(7-2)27(17-22-13-9-11-19(4)15-22)24(28)16-21-12-8-10-18(3)14-21/h8-15,20,23H,6-7,16-17H2,1-5H3,(H,26,29)/t20-,23+/m0/s1. The van der Waals surface area contributed by atoms with Gasteiger partial charge < -0.3 is 10.2 Å². The molecule has 0 aliphatic carbocycles. The zero-order valence-electron chi connectivity index (χ0n) is 18.4. The van der Waals surface area contributed by atoms with Crippen molar-refractivity contribution in [3.63, 3.8) is 0 Å². The Morgan fingerprint density at radius 2 is 1.52 bits per heavy atom. The summed E-state index contributed by atoms with van der Waals surface area (Å²) in [6.07, 6.45) is 1.73. The van der Waals surface area contributed by atoms with Gasteiger partial charge in [-0.25, -0.2) is 0 Å². The minimum absolute atomic E-state index is 0.0248. The summed E-state index contributed by atoms with van der Waals surface area (Å²) in [6.45, 7) is 10.5. The van der Waals surface area contributed by atoms with Gasteiger partial charge in [-0.2, -0.15) is 0 Å². The normalized spacial score (nSPS) is 12.9. The second-order valence-electron chi connectivity index (χ2n) is 7.92. The molecule has 0 spiro atoms. The lowest BCUT2D eigenvalue weighted by Crippen LogP contribution is -2.51. The molecule has 2 atom stereocenters. The largest absolute Gasteiger partial charge is 0.352 e. The van der Waals surface area contributed by atoms with Crippen molar-refractivity contribution in [1.29, 1.82) is 0 Å². The summed E-state index contributed by atoms with van der Waals surface area (Å²) in [7, 11) is 0. The molecule has 156 valence electrons. The van der Waals surface area contributed by atoms with Crippen LogP contribution < -0.4 is 5.32 Å². The number of hydrogen-bond donors (Lipinski definition) is 1. The molecule has 0 aliphatic heterocycles. The second kappa shape index (κ2) is 10.8. The average molecular weight is 395 g/mol. The minimum Gasteiger partial charge on any atom is -0.352 e. The molecule has 1 N–H and O–H groups in total. The van der Waals surface area contributed by atoms with Crippen molar-refractivity contribution < 1.29 is 9.59 Å². The van der Waals surface area contributed by atoms with Gasteiger partial charge in [0.05, 0.1) is 6.42 Å². The number of carbonyl (C=O) groups is 2. The molecule has 0 unspecified atom stereocenters. The van der Waals surface area contributed by atoms with Crippen LogP contribution in [0.15, 0.2) is 48.5 Å². The van der Waals surface area contributed by atoms with Crippen LogP contribution in [0.4, 0.5) is 0 Å². The molecule has 2 aromatic rings. The van der Waals surface area contributed by atoms with Gasteiger partial charge in [-0.3, -0.25) is 9.59 Å². The quantitative estimate of drug-likeness (QED) is 0.677. The Hall–Kier alpha value is -2.62. The first-order chi connectivity index (χ1) is 13.8. The Morgan fingerprint density at radius 3 is 2.07 bits per heavy atom. The average Bonchev–Trinajstić information content (AvgIpc) is 2.67. The molecule has 0 saturated heterocycles. The van der Waals surface area contributed by atoms with Crippen molar-refractivity contribution in [2.24, 2.45) is 0 Å². The minimum atomic E-state index is -0.484. The second-order valence-corrected chi connectivity index (χ2v) is 7.92. The van der Waals surface area contributed by atoms with E-state index in [1.807, 2.05) is 77.1 Å². The molecule has 29 heavy (non-hydrogen) atoms. The fourth-order valence-electron chi connectivity index (χ4n) is 3.47. The van der Waals surface area contributed by atoms with E-state index < -0.39 is 6.04 Å². The van der Waals surface area contributed by atoms with Gasteiger partial charge in [0.15, 0.2) is 0 Å². The summed E-state index contributed by atoms with van der Waals surface area (Å²) in [5.74, 6) is -0.102. The number of rotatable bonds is 9. The third-order valence-corrected chi connectivity index (χ3v) is 5.26. The predicted molar refractivity (Wildman–Crippen MR) is 119 cm³/mol. The van der Waals surface area contributed by atoms with Crippen LogP contribution in [0, 0.1) is 13.8 Å². The van der Waals surface area contributed by atoms with Gasteiger partial charge in [0.25, 0.3) is 0 Å². The molecule has 2 aromatic carbocycles. The van der Waals surface area contributed by atoms with Gasteiger partial charge >= 0.3 is 0 Å². The number of nitrogens with one attached hydrogen (secondary N) is 1. The molecule has 0 saturated carbocycles. The summed E-state index contributed by atoms with van der Waals surface area (Å²) < 4.78 is 0. The van der Waals surface area contributed by atoms with Gasteiger partial charge in [0.1, 0.15) is 6.04 Å². The molecule has 4 nitrogen and oxygen atoms in total. The number of nitrogens with zero attached hydrogens (tertiary/aromatic N) is 1. The van der Waals surface area contributed by atoms with E-state index in [9.17, 15) is 9.59 Å². The lowest BCUT2D eigenvalue weighted by atomic mass is 10.0. The van der Waals surface area contributed by atoms with E-state index in [1.165, 1.54) is 0 Å². The number of amides is 2. The summed E-state index contributed by atoms with van der Waals surface area (Å²) in [4.78, 5) is 28.0. The first-order valence-corrected chi connectivity index (χ1v) is 10.5. The molecule has 0 bridgehead atoms. The smallest absolute Gasteiger partial charge is 0.243 e. The number of benzene rings is 2. The maximum atomic E-state index is 13.3. The van der Waals surface area contributed by atoms with E-state index in [-0.39, 0.29) is 17.9 Å². The molecule has 0 fully saturated rings. The van der Waals surface area contributed by atoms with Crippen LogP contribution in [0.5, 0.6) is 0 Å². The van der Waals surface area contributed by atoms with E-state index in [0.717, 1.165) is 28.7 Å². The Morgan fingerprint density at radius 1 is 0.931 bits per heavy atom. The number of aryl methyl sites for hydroxylation is 2. The van der Waals surface area contributed by atoms with Crippen molar-refractivity contribution in [2.75, 3.05) is 0 Å². The molecule has 2 rings (SSSR count). The molecular formula is C25H34N2O2. The molecular weight excluding hydrogens is 360 g/mol. The van der Waals surface area contributed by atoms with Crippen LogP contribution in [0.1, 0.15) is 55.9 Å². The Bertz CT molecular complexity index is 831. The zero-order valence-corrected chi connectivity index (χ0v) is 18.4. The zero-order chi connectivity index (χ0) is 21.4. The Balaban J connectivity index is 2.29. The Kier molecular flexibility index (Phi) is 8.44. The van der Waals surface area contributed by atoms with Gasteiger partial charge in [0, 0.05) is 12.6 Å². The SMILES string of the molecule is CC[C@H](C(=O)N[C@@H](C)CC)N(Cc1cccc(C)c1)C(=O)Cc1cccc(C)c1. The molecule has 0 aliphatic rings. The van der Waals surface area contributed by atoms with Gasteiger partial charge in [-0.15, -0.1) is 0 Å².